The van der Waals surface area contributed by atoms with Gasteiger partial charge in [0.2, 0.25) is 0 Å². The second-order valence-electron chi connectivity index (χ2n) is 7.69. The predicted molar refractivity (Wildman–Crippen MR) is 128 cm³/mol. The number of para-hydroxylation sites is 2. The molecule has 0 saturated carbocycles. The standard InChI is InChI=1S/C25H23N5OS/c31-24(20-11-9-18(10-12-20)16-32-25-26-17-27-29-25)28-22-7-3-1-6-21(22)15-30-14-13-19-5-2-4-8-23(19)30/h1-12,17H,13-16H2,(H,28,31)(H,26,27,29). The van der Waals surface area contributed by atoms with E-state index in [0.717, 1.165) is 47.2 Å². The smallest absolute Gasteiger partial charge is 0.255 e. The van der Waals surface area contributed by atoms with E-state index in [2.05, 4.69) is 55.7 Å². The second kappa shape index (κ2) is 9.28. The summed E-state index contributed by atoms with van der Waals surface area (Å²) >= 11 is 1.57. The summed E-state index contributed by atoms with van der Waals surface area (Å²) < 4.78 is 0. The van der Waals surface area contributed by atoms with Crippen molar-refractivity contribution in [2.24, 2.45) is 0 Å². The molecule has 0 radical (unpaired) electrons. The lowest BCUT2D eigenvalue weighted by atomic mass is 10.1. The maximum atomic E-state index is 12.9. The van der Waals surface area contributed by atoms with E-state index in [1.54, 1.807) is 11.8 Å². The van der Waals surface area contributed by atoms with Crippen LogP contribution in [0.2, 0.25) is 0 Å². The fourth-order valence-electron chi connectivity index (χ4n) is 3.92. The maximum Gasteiger partial charge on any atom is 0.255 e. The summed E-state index contributed by atoms with van der Waals surface area (Å²) in [5.74, 6) is 0.658. The van der Waals surface area contributed by atoms with Gasteiger partial charge in [-0.05, 0) is 47.4 Å². The fraction of sp³-hybridized carbons (Fsp3) is 0.160. The Morgan fingerprint density at radius 1 is 1.03 bits per heavy atom. The number of thioether (sulfide) groups is 1. The number of rotatable bonds is 7. The van der Waals surface area contributed by atoms with Gasteiger partial charge in [0.1, 0.15) is 6.33 Å². The molecule has 1 aromatic heterocycles. The lowest BCUT2D eigenvalue weighted by Gasteiger charge is -2.21. The molecule has 160 valence electrons. The zero-order chi connectivity index (χ0) is 21.8. The molecule has 3 aromatic carbocycles. The second-order valence-corrected chi connectivity index (χ2v) is 8.65. The summed E-state index contributed by atoms with van der Waals surface area (Å²) in [6, 6.07) is 24.3. The number of aromatic amines is 1. The van der Waals surface area contributed by atoms with Crippen LogP contribution < -0.4 is 10.2 Å². The van der Waals surface area contributed by atoms with Crippen LogP contribution in [0.1, 0.15) is 27.0 Å². The molecule has 1 aliphatic heterocycles. The number of fused-ring (bicyclic) bond motifs is 1. The first-order valence-electron chi connectivity index (χ1n) is 10.6. The van der Waals surface area contributed by atoms with E-state index in [0.29, 0.717) is 5.56 Å². The lowest BCUT2D eigenvalue weighted by Crippen LogP contribution is -2.21. The van der Waals surface area contributed by atoms with E-state index in [9.17, 15) is 4.79 Å². The van der Waals surface area contributed by atoms with Gasteiger partial charge in [0, 0.05) is 35.8 Å². The molecule has 0 unspecified atom stereocenters. The predicted octanol–water partition coefficient (Wildman–Crippen LogP) is 4.91. The van der Waals surface area contributed by atoms with Crippen molar-refractivity contribution in [2.45, 2.75) is 23.9 Å². The summed E-state index contributed by atoms with van der Waals surface area (Å²) in [4.78, 5) is 19.4. The first-order chi connectivity index (χ1) is 15.8. The van der Waals surface area contributed by atoms with Gasteiger partial charge in [-0.15, -0.1) is 0 Å². The van der Waals surface area contributed by atoms with Crippen LogP contribution in [-0.4, -0.2) is 27.6 Å². The van der Waals surface area contributed by atoms with Crippen LogP contribution in [0.4, 0.5) is 11.4 Å². The molecule has 4 aromatic rings. The molecule has 1 amide bonds. The van der Waals surface area contributed by atoms with E-state index >= 15 is 0 Å². The molecule has 7 heteroatoms. The molecule has 2 heterocycles. The summed E-state index contributed by atoms with van der Waals surface area (Å²) in [5.41, 5.74) is 6.39. The monoisotopic (exact) mass is 441 g/mol. The normalized spacial score (nSPS) is 12.6. The summed E-state index contributed by atoms with van der Waals surface area (Å²) in [7, 11) is 0. The zero-order valence-electron chi connectivity index (χ0n) is 17.5. The molecule has 0 saturated heterocycles. The molecule has 1 aliphatic rings. The van der Waals surface area contributed by atoms with Gasteiger partial charge >= 0.3 is 0 Å². The minimum absolute atomic E-state index is 0.103. The molecule has 0 atom stereocenters. The first-order valence-corrected chi connectivity index (χ1v) is 11.5. The number of hydrogen-bond donors (Lipinski definition) is 2. The van der Waals surface area contributed by atoms with Crippen molar-refractivity contribution >= 4 is 29.0 Å². The van der Waals surface area contributed by atoms with Gasteiger partial charge in [0.15, 0.2) is 5.16 Å². The Morgan fingerprint density at radius 3 is 2.69 bits per heavy atom. The van der Waals surface area contributed by atoms with Gasteiger partial charge in [0.05, 0.1) is 0 Å². The first kappa shape index (κ1) is 20.3. The van der Waals surface area contributed by atoms with Crippen LogP contribution in [0.5, 0.6) is 0 Å². The van der Waals surface area contributed by atoms with Gasteiger partial charge in [-0.2, -0.15) is 5.10 Å². The number of hydrogen-bond acceptors (Lipinski definition) is 5. The minimum Gasteiger partial charge on any atom is -0.367 e. The Bertz CT molecular complexity index is 1210. The van der Waals surface area contributed by atoms with Crippen molar-refractivity contribution in [3.05, 3.63) is 101 Å². The Kier molecular flexibility index (Phi) is 5.89. The Hall–Kier alpha value is -3.58. The Morgan fingerprint density at radius 2 is 1.84 bits per heavy atom. The highest BCUT2D eigenvalue weighted by atomic mass is 32.2. The van der Waals surface area contributed by atoms with Crippen molar-refractivity contribution in [1.82, 2.24) is 15.2 Å². The van der Waals surface area contributed by atoms with Gasteiger partial charge in [0.25, 0.3) is 5.91 Å². The number of nitrogens with one attached hydrogen (secondary N) is 2. The Labute approximate surface area is 191 Å². The molecular formula is C25H23N5OS. The zero-order valence-corrected chi connectivity index (χ0v) is 18.3. The van der Waals surface area contributed by atoms with Crippen LogP contribution in [0, 0.1) is 0 Å². The van der Waals surface area contributed by atoms with Crippen molar-refractivity contribution in [2.75, 3.05) is 16.8 Å². The third-order valence-electron chi connectivity index (χ3n) is 5.59. The van der Waals surface area contributed by atoms with Crippen molar-refractivity contribution in [1.29, 1.82) is 0 Å². The number of nitrogens with zero attached hydrogens (tertiary/aromatic N) is 3. The number of carbonyl (C=O) groups is 1. The third-order valence-corrected chi connectivity index (χ3v) is 6.54. The third kappa shape index (κ3) is 4.53. The summed E-state index contributed by atoms with van der Waals surface area (Å²) in [6.07, 6.45) is 2.56. The maximum absolute atomic E-state index is 12.9. The van der Waals surface area contributed by atoms with Crippen molar-refractivity contribution < 1.29 is 4.79 Å². The average Bonchev–Trinajstić information content (AvgIpc) is 3.50. The average molecular weight is 442 g/mol. The van der Waals surface area contributed by atoms with Crippen LogP contribution in [0.25, 0.3) is 0 Å². The van der Waals surface area contributed by atoms with E-state index in [1.165, 1.54) is 17.6 Å². The van der Waals surface area contributed by atoms with Gasteiger partial charge in [-0.25, -0.2) is 4.98 Å². The number of amides is 1. The van der Waals surface area contributed by atoms with Crippen molar-refractivity contribution in [3.8, 4) is 0 Å². The molecule has 0 spiro atoms. The number of anilines is 2. The molecule has 0 aliphatic carbocycles. The quantitative estimate of drug-likeness (QED) is 0.399. The van der Waals surface area contributed by atoms with Crippen LogP contribution in [0.15, 0.2) is 84.3 Å². The highest BCUT2D eigenvalue weighted by Gasteiger charge is 2.19. The lowest BCUT2D eigenvalue weighted by molar-refractivity contribution is 0.102. The highest BCUT2D eigenvalue weighted by molar-refractivity contribution is 7.98. The molecule has 2 N–H and O–H groups in total. The molecule has 6 nitrogen and oxygen atoms in total. The van der Waals surface area contributed by atoms with Gasteiger partial charge < -0.3 is 10.2 Å². The molecule has 0 bridgehead atoms. The minimum atomic E-state index is -0.103. The number of aromatic nitrogens is 3. The SMILES string of the molecule is O=C(Nc1ccccc1CN1CCc2ccccc21)c1ccc(CSc2ncn[nH]2)cc1. The fourth-order valence-corrected chi connectivity index (χ4v) is 4.65. The molecule has 5 rings (SSSR count). The summed E-state index contributed by atoms with van der Waals surface area (Å²) in [5, 5.41) is 10.6. The van der Waals surface area contributed by atoms with Crippen LogP contribution in [0.3, 0.4) is 0 Å². The topological polar surface area (TPSA) is 73.9 Å². The Balaban J connectivity index is 1.25. The molecular weight excluding hydrogens is 418 g/mol. The number of H-pyrrole nitrogens is 1. The molecule has 32 heavy (non-hydrogen) atoms. The van der Waals surface area contributed by atoms with Crippen molar-refractivity contribution in [3.63, 3.8) is 0 Å². The molecule has 0 fully saturated rings. The van der Waals surface area contributed by atoms with E-state index in [1.807, 2.05) is 42.5 Å². The van der Waals surface area contributed by atoms with E-state index in [4.69, 9.17) is 0 Å². The van der Waals surface area contributed by atoms with Gasteiger partial charge in [-0.1, -0.05) is 60.3 Å². The number of benzene rings is 3. The van der Waals surface area contributed by atoms with Crippen LogP contribution in [-0.2, 0) is 18.7 Å². The van der Waals surface area contributed by atoms with Gasteiger partial charge in [-0.3, -0.25) is 9.89 Å². The van der Waals surface area contributed by atoms with Crippen LogP contribution >= 0.6 is 11.8 Å². The highest BCUT2D eigenvalue weighted by Crippen LogP contribution is 2.30. The summed E-state index contributed by atoms with van der Waals surface area (Å²) in [6.45, 7) is 1.76. The largest absolute Gasteiger partial charge is 0.367 e. The van der Waals surface area contributed by atoms with E-state index < -0.39 is 0 Å². The van der Waals surface area contributed by atoms with E-state index in [-0.39, 0.29) is 5.91 Å². The number of carbonyl (C=O) groups excluding carboxylic acids is 1.